The summed E-state index contributed by atoms with van der Waals surface area (Å²) in [5, 5.41) is 9.06. The fraction of sp³-hybridized carbons (Fsp3) is 0.500. The summed E-state index contributed by atoms with van der Waals surface area (Å²) in [6, 6.07) is 7.52. The van der Waals surface area contributed by atoms with Crippen LogP contribution in [0, 0.1) is 5.41 Å². The summed E-state index contributed by atoms with van der Waals surface area (Å²) >= 11 is 0. The normalized spacial score (nSPS) is 11.0. The summed E-state index contributed by atoms with van der Waals surface area (Å²) in [5.74, 6) is -0.358. The van der Waals surface area contributed by atoms with Gasteiger partial charge in [0.2, 0.25) is 5.91 Å². The van der Waals surface area contributed by atoms with E-state index in [0.717, 1.165) is 11.3 Å². The van der Waals surface area contributed by atoms with Gasteiger partial charge < -0.3 is 14.7 Å². The highest BCUT2D eigenvalue weighted by Crippen LogP contribution is 2.22. The number of hydrogen-bond acceptors (Lipinski definition) is 3. The van der Waals surface area contributed by atoms with E-state index in [1.807, 2.05) is 31.2 Å². The Balaban J connectivity index is 2.61. The van der Waals surface area contributed by atoms with Gasteiger partial charge in [0.05, 0.1) is 12.0 Å². The van der Waals surface area contributed by atoms with E-state index in [0.29, 0.717) is 13.2 Å². The third-order valence-electron chi connectivity index (χ3n) is 3.25. The van der Waals surface area contributed by atoms with Gasteiger partial charge in [0.15, 0.2) is 0 Å². The molecule has 1 aromatic rings. The van der Waals surface area contributed by atoms with Crippen molar-refractivity contribution < 1.29 is 19.4 Å². The molecule has 1 N–H and O–H groups in total. The zero-order valence-electron chi connectivity index (χ0n) is 13.0. The highest BCUT2D eigenvalue weighted by molar-refractivity contribution is 5.84. The molecule has 0 saturated carbocycles. The topological polar surface area (TPSA) is 66.8 Å². The molecule has 0 radical (unpaired) electrons. The minimum atomic E-state index is -1.05. The molecule has 0 unspecified atom stereocenters. The highest BCUT2D eigenvalue weighted by Gasteiger charge is 2.31. The van der Waals surface area contributed by atoms with Gasteiger partial charge >= 0.3 is 5.97 Å². The standard InChI is InChI=1S/C16H23NO4/c1-5-21-13-8-6-12(7-9-13)11-17(4)14(18)10-16(2,3)15(19)20/h6-9H,5,10-11H2,1-4H3,(H,19,20). The van der Waals surface area contributed by atoms with Crippen LogP contribution in [0.1, 0.15) is 32.8 Å². The van der Waals surface area contributed by atoms with Crippen LogP contribution in [0.2, 0.25) is 0 Å². The Bertz CT molecular complexity index is 494. The van der Waals surface area contributed by atoms with Gasteiger partial charge in [0, 0.05) is 20.0 Å². The monoisotopic (exact) mass is 293 g/mol. The Morgan fingerprint density at radius 1 is 1.24 bits per heavy atom. The maximum absolute atomic E-state index is 12.1. The highest BCUT2D eigenvalue weighted by atomic mass is 16.5. The van der Waals surface area contributed by atoms with Crippen LogP contribution in [0.15, 0.2) is 24.3 Å². The number of carbonyl (C=O) groups is 2. The maximum Gasteiger partial charge on any atom is 0.309 e. The van der Waals surface area contributed by atoms with E-state index in [4.69, 9.17) is 9.84 Å². The van der Waals surface area contributed by atoms with E-state index in [9.17, 15) is 9.59 Å². The Morgan fingerprint density at radius 3 is 2.29 bits per heavy atom. The van der Waals surface area contributed by atoms with Crippen molar-refractivity contribution in [2.24, 2.45) is 5.41 Å². The number of amides is 1. The number of aliphatic carboxylic acids is 1. The van der Waals surface area contributed by atoms with Gasteiger partial charge in [-0.2, -0.15) is 0 Å². The minimum Gasteiger partial charge on any atom is -0.494 e. The van der Waals surface area contributed by atoms with Crippen molar-refractivity contribution in [1.29, 1.82) is 0 Å². The number of rotatable bonds is 7. The number of carboxylic acid groups (broad SMARTS) is 1. The summed E-state index contributed by atoms with van der Waals surface area (Å²) in [4.78, 5) is 24.7. The molecule has 0 bridgehead atoms. The molecule has 21 heavy (non-hydrogen) atoms. The molecule has 0 heterocycles. The van der Waals surface area contributed by atoms with Crippen molar-refractivity contribution in [3.63, 3.8) is 0 Å². The average Bonchev–Trinajstić information content (AvgIpc) is 2.40. The first-order valence-electron chi connectivity index (χ1n) is 6.95. The quantitative estimate of drug-likeness (QED) is 0.839. The van der Waals surface area contributed by atoms with Crippen molar-refractivity contribution in [3.8, 4) is 5.75 Å². The van der Waals surface area contributed by atoms with E-state index in [1.54, 1.807) is 25.8 Å². The van der Waals surface area contributed by atoms with Gasteiger partial charge in [-0.1, -0.05) is 12.1 Å². The third-order valence-corrected chi connectivity index (χ3v) is 3.25. The maximum atomic E-state index is 12.1. The molecule has 0 aromatic heterocycles. The van der Waals surface area contributed by atoms with Crippen LogP contribution in [-0.2, 0) is 16.1 Å². The SMILES string of the molecule is CCOc1ccc(CN(C)C(=O)CC(C)(C)C(=O)O)cc1. The largest absolute Gasteiger partial charge is 0.494 e. The molecule has 0 fully saturated rings. The van der Waals surface area contributed by atoms with Crippen LogP contribution in [0.4, 0.5) is 0 Å². The van der Waals surface area contributed by atoms with Crippen molar-refractivity contribution >= 4 is 11.9 Å². The van der Waals surface area contributed by atoms with Crippen LogP contribution in [-0.4, -0.2) is 35.5 Å². The van der Waals surface area contributed by atoms with Crippen LogP contribution in [0.5, 0.6) is 5.75 Å². The molecular weight excluding hydrogens is 270 g/mol. The lowest BCUT2D eigenvalue weighted by Gasteiger charge is -2.23. The van der Waals surface area contributed by atoms with E-state index in [-0.39, 0.29) is 12.3 Å². The summed E-state index contributed by atoms with van der Waals surface area (Å²) in [6.07, 6.45) is -0.0180. The van der Waals surface area contributed by atoms with Gasteiger partial charge in [0.25, 0.3) is 0 Å². The Morgan fingerprint density at radius 2 is 1.81 bits per heavy atom. The minimum absolute atomic E-state index is 0.0180. The Hall–Kier alpha value is -2.04. The van der Waals surface area contributed by atoms with E-state index in [1.165, 1.54) is 0 Å². The zero-order valence-corrected chi connectivity index (χ0v) is 13.0. The smallest absolute Gasteiger partial charge is 0.309 e. The third kappa shape index (κ3) is 5.10. The molecule has 1 rings (SSSR count). The lowest BCUT2D eigenvalue weighted by Crippen LogP contribution is -2.34. The second-order valence-corrected chi connectivity index (χ2v) is 5.69. The molecule has 0 aliphatic carbocycles. The number of carbonyl (C=O) groups excluding carboxylic acids is 1. The van der Waals surface area contributed by atoms with Crippen molar-refractivity contribution in [2.45, 2.75) is 33.7 Å². The molecule has 0 saturated heterocycles. The Labute approximate surface area is 125 Å². The van der Waals surface area contributed by atoms with Crippen molar-refractivity contribution in [3.05, 3.63) is 29.8 Å². The van der Waals surface area contributed by atoms with Gasteiger partial charge in [0.1, 0.15) is 5.75 Å². The van der Waals surface area contributed by atoms with Crippen molar-refractivity contribution in [2.75, 3.05) is 13.7 Å². The first-order valence-corrected chi connectivity index (χ1v) is 6.95. The van der Waals surface area contributed by atoms with E-state index < -0.39 is 11.4 Å². The summed E-state index contributed by atoms with van der Waals surface area (Å²) in [6.45, 7) is 6.09. The fourth-order valence-corrected chi connectivity index (χ4v) is 1.81. The van der Waals surface area contributed by atoms with Crippen LogP contribution >= 0.6 is 0 Å². The molecular formula is C16H23NO4. The zero-order chi connectivity index (χ0) is 16.0. The molecule has 5 nitrogen and oxygen atoms in total. The molecule has 5 heteroatoms. The predicted molar refractivity (Wildman–Crippen MR) is 80.1 cm³/mol. The number of nitrogens with zero attached hydrogens (tertiary/aromatic N) is 1. The summed E-state index contributed by atoms with van der Waals surface area (Å²) in [5.41, 5.74) is -0.0769. The fourth-order valence-electron chi connectivity index (χ4n) is 1.81. The molecule has 1 amide bonds. The number of benzene rings is 1. The predicted octanol–water partition coefficient (Wildman–Crippen LogP) is 2.54. The van der Waals surface area contributed by atoms with Crippen molar-refractivity contribution in [1.82, 2.24) is 4.90 Å². The van der Waals surface area contributed by atoms with Gasteiger partial charge in [-0.15, -0.1) is 0 Å². The molecule has 0 aliphatic heterocycles. The Kier molecular flexibility index (Phi) is 5.76. The molecule has 1 aromatic carbocycles. The molecule has 116 valence electrons. The van der Waals surface area contributed by atoms with Gasteiger partial charge in [-0.25, -0.2) is 0 Å². The average molecular weight is 293 g/mol. The lowest BCUT2D eigenvalue weighted by molar-refractivity contribution is -0.151. The summed E-state index contributed by atoms with van der Waals surface area (Å²) in [7, 11) is 1.68. The molecule has 0 atom stereocenters. The van der Waals surface area contributed by atoms with E-state index >= 15 is 0 Å². The second-order valence-electron chi connectivity index (χ2n) is 5.69. The molecule has 0 spiro atoms. The second kappa shape index (κ2) is 7.11. The first kappa shape index (κ1) is 17.0. The van der Waals surface area contributed by atoms with Crippen LogP contribution < -0.4 is 4.74 Å². The number of hydrogen-bond donors (Lipinski definition) is 1. The number of ether oxygens (including phenoxy) is 1. The number of carboxylic acids is 1. The van der Waals surface area contributed by atoms with Crippen LogP contribution in [0.25, 0.3) is 0 Å². The van der Waals surface area contributed by atoms with Gasteiger partial charge in [-0.05, 0) is 38.5 Å². The van der Waals surface area contributed by atoms with Crippen LogP contribution in [0.3, 0.4) is 0 Å². The lowest BCUT2D eigenvalue weighted by atomic mass is 9.89. The molecule has 0 aliphatic rings. The van der Waals surface area contributed by atoms with E-state index in [2.05, 4.69) is 0 Å². The first-order chi connectivity index (χ1) is 9.76. The van der Waals surface area contributed by atoms with Gasteiger partial charge in [-0.3, -0.25) is 9.59 Å². The summed E-state index contributed by atoms with van der Waals surface area (Å²) < 4.78 is 5.36.